The number of allylic oxidation sites excluding steroid dienone is 1. The largest absolute Gasteiger partial charge is 0.497 e. The molecule has 2 heterocycles. The number of ketones is 1. The van der Waals surface area contributed by atoms with Crippen molar-refractivity contribution >= 4 is 17.9 Å². The molecule has 0 atom stereocenters. The average molecular weight is 376 g/mol. The number of rotatable bonds is 5. The van der Waals surface area contributed by atoms with Gasteiger partial charge in [0.15, 0.2) is 5.78 Å². The van der Waals surface area contributed by atoms with E-state index in [9.17, 15) is 4.79 Å². The van der Waals surface area contributed by atoms with Crippen molar-refractivity contribution in [3.8, 4) is 23.0 Å². The Morgan fingerprint density at radius 2 is 1.50 bits per heavy atom. The van der Waals surface area contributed by atoms with E-state index in [-0.39, 0.29) is 12.4 Å². The van der Waals surface area contributed by atoms with Crippen molar-refractivity contribution < 1.29 is 23.7 Å². The smallest absolute Gasteiger partial charge is 0.185 e. The predicted molar refractivity (Wildman–Crippen MR) is 107 cm³/mol. The van der Waals surface area contributed by atoms with Crippen LogP contribution in [0.2, 0.25) is 0 Å². The van der Waals surface area contributed by atoms with Gasteiger partial charge in [0.2, 0.25) is 0 Å². The SMILES string of the molecule is COc1ccc2c(c1)C=C(/C=C/C(=O)C1=Cc3cc(OC)ccc3OC1)CO2. The lowest BCUT2D eigenvalue weighted by atomic mass is 10.0. The van der Waals surface area contributed by atoms with Crippen LogP contribution in [0, 0.1) is 0 Å². The summed E-state index contributed by atoms with van der Waals surface area (Å²) in [5, 5.41) is 0. The first-order valence-corrected chi connectivity index (χ1v) is 8.91. The summed E-state index contributed by atoms with van der Waals surface area (Å²) < 4.78 is 21.9. The first-order chi connectivity index (χ1) is 13.7. The third kappa shape index (κ3) is 3.64. The molecule has 0 saturated carbocycles. The first-order valence-electron chi connectivity index (χ1n) is 8.91. The molecule has 0 amide bonds. The summed E-state index contributed by atoms with van der Waals surface area (Å²) in [6.07, 6.45) is 7.18. The Bertz CT molecular complexity index is 1010. The third-order valence-electron chi connectivity index (χ3n) is 4.65. The van der Waals surface area contributed by atoms with Crippen LogP contribution in [0.4, 0.5) is 0 Å². The van der Waals surface area contributed by atoms with Crippen LogP contribution in [0.15, 0.2) is 59.7 Å². The van der Waals surface area contributed by atoms with Gasteiger partial charge >= 0.3 is 0 Å². The average Bonchev–Trinajstić information content (AvgIpc) is 2.75. The molecule has 2 aliphatic rings. The molecule has 0 bridgehead atoms. The van der Waals surface area contributed by atoms with E-state index in [1.54, 1.807) is 26.4 Å². The fraction of sp³-hybridized carbons (Fsp3) is 0.174. The Labute approximate surface area is 163 Å². The topological polar surface area (TPSA) is 54.0 Å². The molecule has 5 heteroatoms. The Kier molecular flexibility index (Phi) is 4.89. The second-order valence-electron chi connectivity index (χ2n) is 6.47. The van der Waals surface area contributed by atoms with Gasteiger partial charge in [0.1, 0.15) is 36.2 Å². The van der Waals surface area contributed by atoms with Crippen molar-refractivity contribution in [2.24, 2.45) is 0 Å². The van der Waals surface area contributed by atoms with Gasteiger partial charge in [-0.05, 0) is 60.2 Å². The summed E-state index contributed by atoms with van der Waals surface area (Å²) in [5.41, 5.74) is 3.27. The lowest BCUT2D eigenvalue weighted by molar-refractivity contribution is -0.111. The molecular formula is C23H20O5. The quantitative estimate of drug-likeness (QED) is 0.736. The van der Waals surface area contributed by atoms with E-state index in [4.69, 9.17) is 18.9 Å². The molecule has 142 valence electrons. The van der Waals surface area contributed by atoms with Gasteiger partial charge in [0.25, 0.3) is 0 Å². The molecule has 4 rings (SSSR count). The molecule has 2 aromatic rings. The van der Waals surface area contributed by atoms with Crippen molar-refractivity contribution in [3.63, 3.8) is 0 Å². The number of ether oxygens (including phenoxy) is 4. The summed E-state index contributed by atoms with van der Waals surface area (Å²) in [4.78, 5) is 12.6. The van der Waals surface area contributed by atoms with Gasteiger partial charge < -0.3 is 18.9 Å². The van der Waals surface area contributed by atoms with Crippen molar-refractivity contribution in [2.75, 3.05) is 27.4 Å². The van der Waals surface area contributed by atoms with Crippen LogP contribution in [-0.4, -0.2) is 33.2 Å². The Morgan fingerprint density at radius 1 is 0.893 bits per heavy atom. The highest BCUT2D eigenvalue weighted by atomic mass is 16.5. The molecule has 0 radical (unpaired) electrons. The van der Waals surface area contributed by atoms with Gasteiger partial charge in [-0.1, -0.05) is 6.08 Å². The lowest BCUT2D eigenvalue weighted by Crippen LogP contribution is -2.13. The minimum atomic E-state index is -0.0918. The van der Waals surface area contributed by atoms with Crippen molar-refractivity contribution in [1.29, 1.82) is 0 Å². The van der Waals surface area contributed by atoms with Crippen LogP contribution in [-0.2, 0) is 4.79 Å². The number of carbonyl (C=O) groups excluding carboxylic acids is 1. The molecule has 0 aromatic heterocycles. The van der Waals surface area contributed by atoms with Crippen molar-refractivity contribution in [1.82, 2.24) is 0 Å². The summed E-state index contributed by atoms with van der Waals surface area (Å²) in [7, 11) is 3.24. The predicted octanol–water partition coefficient (Wildman–Crippen LogP) is 4.08. The van der Waals surface area contributed by atoms with Crippen LogP contribution in [0.3, 0.4) is 0 Å². The first kappa shape index (κ1) is 17.9. The zero-order chi connectivity index (χ0) is 19.5. The Hall–Kier alpha value is -3.47. The van der Waals surface area contributed by atoms with E-state index in [2.05, 4.69) is 0 Å². The van der Waals surface area contributed by atoms with Gasteiger partial charge in [-0.2, -0.15) is 0 Å². The maximum atomic E-state index is 12.6. The molecule has 0 spiro atoms. The Balaban J connectivity index is 1.52. The molecule has 5 nitrogen and oxygen atoms in total. The summed E-state index contributed by atoms with van der Waals surface area (Å²) in [6.45, 7) is 0.663. The fourth-order valence-corrected chi connectivity index (χ4v) is 3.11. The highest BCUT2D eigenvalue weighted by Gasteiger charge is 2.17. The van der Waals surface area contributed by atoms with Gasteiger partial charge in [-0.15, -0.1) is 0 Å². The second kappa shape index (κ2) is 7.64. The highest BCUT2D eigenvalue weighted by Crippen LogP contribution is 2.31. The molecule has 2 aromatic carbocycles. The van der Waals surface area contributed by atoms with Crippen LogP contribution < -0.4 is 18.9 Å². The maximum absolute atomic E-state index is 12.6. The molecule has 0 N–H and O–H groups in total. The number of hydrogen-bond donors (Lipinski definition) is 0. The fourth-order valence-electron chi connectivity index (χ4n) is 3.11. The lowest BCUT2D eigenvalue weighted by Gasteiger charge is -2.18. The van der Waals surface area contributed by atoms with Crippen LogP contribution in [0.1, 0.15) is 11.1 Å². The van der Waals surface area contributed by atoms with E-state index in [1.165, 1.54) is 0 Å². The molecule has 28 heavy (non-hydrogen) atoms. The van der Waals surface area contributed by atoms with E-state index >= 15 is 0 Å². The van der Waals surface area contributed by atoms with E-state index in [0.717, 1.165) is 39.7 Å². The van der Waals surface area contributed by atoms with Crippen LogP contribution >= 0.6 is 0 Å². The normalized spacial score (nSPS) is 14.8. The van der Waals surface area contributed by atoms with Gasteiger partial charge in [0.05, 0.1) is 14.2 Å². The minimum absolute atomic E-state index is 0.0918. The van der Waals surface area contributed by atoms with Crippen molar-refractivity contribution in [2.45, 2.75) is 0 Å². The number of fused-ring (bicyclic) bond motifs is 2. The number of carbonyl (C=O) groups is 1. The number of hydrogen-bond acceptors (Lipinski definition) is 5. The standard InChI is InChI=1S/C23H20O5/c1-25-19-4-7-22-16(11-19)9-15(13-27-22)3-6-21(24)18-10-17-12-20(26-2)5-8-23(17)28-14-18/h3-12H,13-14H2,1-2H3/b6-3+. The minimum Gasteiger partial charge on any atom is -0.497 e. The van der Waals surface area contributed by atoms with Crippen LogP contribution in [0.5, 0.6) is 23.0 Å². The summed E-state index contributed by atoms with van der Waals surface area (Å²) in [5.74, 6) is 2.94. The number of methoxy groups -OCH3 is 2. The highest BCUT2D eigenvalue weighted by molar-refractivity contribution is 6.08. The van der Waals surface area contributed by atoms with Crippen LogP contribution in [0.25, 0.3) is 12.2 Å². The zero-order valence-corrected chi connectivity index (χ0v) is 15.7. The molecule has 2 aliphatic heterocycles. The molecule has 0 fully saturated rings. The molecule has 0 aliphatic carbocycles. The summed E-state index contributed by atoms with van der Waals surface area (Å²) >= 11 is 0. The monoisotopic (exact) mass is 376 g/mol. The summed E-state index contributed by atoms with van der Waals surface area (Å²) in [6, 6.07) is 11.2. The van der Waals surface area contributed by atoms with Gasteiger partial charge in [0, 0.05) is 16.7 Å². The van der Waals surface area contributed by atoms with Crippen molar-refractivity contribution in [3.05, 3.63) is 70.8 Å². The molecule has 0 unspecified atom stereocenters. The van der Waals surface area contributed by atoms with Gasteiger partial charge in [-0.25, -0.2) is 0 Å². The zero-order valence-electron chi connectivity index (χ0n) is 15.7. The number of benzene rings is 2. The Morgan fingerprint density at radius 3 is 2.14 bits per heavy atom. The van der Waals surface area contributed by atoms with Gasteiger partial charge in [-0.3, -0.25) is 4.79 Å². The molecule has 0 saturated heterocycles. The second-order valence-corrected chi connectivity index (χ2v) is 6.47. The van der Waals surface area contributed by atoms with E-state index < -0.39 is 0 Å². The third-order valence-corrected chi connectivity index (χ3v) is 4.65. The molecular weight excluding hydrogens is 356 g/mol. The van der Waals surface area contributed by atoms with E-state index in [1.807, 2.05) is 48.6 Å². The van der Waals surface area contributed by atoms with E-state index in [0.29, 0.717) is 12.2 Å². The maximum Gasteiger partial charge on any atom is 0.185 e.